The van der Waals surface area contributed by atoms with Crippen LogP contribution in [0.15, 0.2) is 0 Å². The van der Waals surface area contributed by atoms with Crippen molar-refractivity contribution in [1.29, 1.82) is 0 Å². The van der Waals surface area contributed by atoms with E-state index >= 15 is 0 Å². The Bertz CT molecular complexity index is 209. The van der Waals surface area contributed by atoms with Gasteiger partial charge < -0.3 is 10.2 Å². The highest BCUT2D eigenvalue weighted by Gasteiger charge is 2.56. The van der Waals surface area contributed by atoms with Gasteiger partial charge in [-0.3, -0.25) is 4.79 Å². The van der Waals surface area contributed by atoms with Crippen molar-refractivity contribution in [2.75, 3.05) is 20.1 Å². The molecule has 1 unspecified atom stereocenters. The Morgan fingerprint density at radius 1 is 1.50 bits per heavy atom. The molecule has 0 aliphatic carbocycles. The Labute approximate surface area is 73.1 Å². The molecule has 3 heteroatoms. The average Bonchev–Trinajstić information content (AvgIpc) is 2.16. The van der Waals surface area contributed by atoms with Gasteiger partial charge in [-0.05, 0) is 32.9 Å². The molecular formula is C9H16N2O. The summed E-state index contributed by atoms with van der Waals surface area (Å²) in [7, 11) is 1.90. The van der Waals surface area contributed by atoms with Crippen LogP contribution >= 0.6 is 0 Å². The number of carbonyl (C=O) groups is 1. The molecule has 0 aromatic heterocycles. The first-order valence-corrected chi connectivity index (χ1v) is 4.66. The molecule has 2 fully saturated rings. The maximum Gasteiger partial charge on any atom is 0.230 e. The fourth-order valence-electron chi connectivity index (χ4n) is 2.51. The largest absolute Gasteiger partial charge is 0.341 e. The number of carbonyl (C=O) groups excluding carboxylic acids is 1. The highest BCUT2D eigenvalue weighted by atomic mass is 16.2. The zero-order chi connectivity index (χ0) is 8.77. The van der Waals surface area contributed by atoms with E-state index < -0.39 is 0 Å². The van der Waals surface area contributed by atoms with Gasteiger partial charge in [-0.25, -0.2) is 0 Å². The molecule has 3 nitrogen and oxygen atoms in total. The van der Waals surface area contributed by atoms with Crippen LogP contribution in [0.2, 0.25) is 0 Å². The minimum atomic E-state index is 0.0139. The molecule has 1 atom stereocenters. The molecular weight excluding hydrogens is 152 g/mol. The van der Waals surface area contributed by atoms with Crippen molar-refractivity contribution >= 4 is 5.91 Å². The monoisotopic (exact) mass is 168 g/mol. The molecule has 2 aliphatic rings. The summed E-state index contributed by atoms with van der Waals surface area (Å²) >= 11 is 0. The van der Waals surface area contributed by atoms with Gasteiger partial charge in [-0.1, -0.05) is 0 Å². The van der Waals surface area contributed by atoms with Crippen LogP contribution < -0.4 is 5.32 Å². The Balaban J connectivity index is 2.15. The molecule has 12 heavy (non-hydrogen) atoms. The summed E-state index contributed by atoms with van der Waals surface area (Å²) in [4.78, 5) is 13.5. The zero-order valence-electron chi connectivity index (χ0n) is 7.76. The third kappa shape index (κ3) is 0.774. The second-order valence-corrected chi connectivity index (χ2v) is 4.00. The normalized spacial score (nSPS) is 33.7. The molecule has 2 saturated heterocycles. The Kier molecular flexibility index (Phi) is 1.65. The number of piperidine rings is 1. The number of hydrogen-bond donors (Lipinski definition) is 1. The average molecular weight is 168 g/mol. The second kappa shape index (κ2) is 2.46. The summed E-state index contributed by atoms with van der Waals surface area (Å²) in [6.07, 6.45) is 2.05. The van der Waals surface area contributed by atoms with Crippen LogP contribution in [-0.2, 0) is 4.79 Å². The number of hydrogen-bond acceptors (Lipinski definition) is 2. The van der Waals surface area contributed by atoms with Gasteiger partial charge >= 0.3 is 0 Å². The van der Waals surface area contributed by atoms with Crippen LogP contribution in [0.5, 0.6) is 0 Å². The molecule has 2 aliphatic heterocycles. The Morgan fingerprint density at radius 3 is 2.58 bits per heavy atom. The van der Waals surface area contributed by atoms with E-state index in [1.807, 2.05) is 11.9 Å². The summed E-state index contributed by atoms with van der Waals surface area (Å²) in [6, 6.07) is 0.451. The fourth-order valence-corrected chi connectivity index (χ4v) is 2.51. The van der Waals surface area contributed by atoms with E-state index in [0.717, 1.165) is 25.9 Å². The quantitative estimate of drug-likeness (QED) is 0.525. The third-order valence-electron chi connectivity index (χ3n) is 3.62. The number of β-lactam (4-membered cyclic amide) rings is 1. The van der Waals surface area contributed by atoms with E-state index in [1.165, 1.54) is 0 Å². The van der Waals surface area contributed by atoms with Crippen LogP contribution in [0, 0.1) is 5.41 Å². The number of nitrogens with one attached hydrogen (secondary N) is 1. The predicted octanol–water partition coefficient (Wildman–Crippen LogP) is 0.217. The smallest absolute Gasteiger partial charge is 0.230 e. The van der Waals surface area contributed by atoms with E-state index in [1.54, 1.807) is 0 Å². The topological polar surface area (TPSA) is 32.3 Å². The van der Waals surface area contributed by atoms with Crippen molar-refractivity contribution in [3.05, 3.63) is 0 Å². The maximum absolute atomic E-state index is 11.6. The van der Waals surface area contributed by atoms with Crippen LogP contribution in [0.3, 0.4) is 0 Å². The van der Waals surface area contributed by atoms with Crippen molar-refractivity contribution in [2.45, 2.75) is 25.8 Å². The lowest BCUT2D eigenvalue weighted by Crippen LogP contribution is -2.68. The fraction of sp³-hybridized carbons (Fsp3) is 0.889. The highest BCUT2D eigenvalue weighted by Crippen LogP contribution is 2.44. The highest BCUT2D eigenvalue weighted by molar-refractivity contribution is 5.89. The van der Waals surface area contributed by atoms with Crippen molar-refractivity contribution in [3.8, 4) is 0 Å². The van der Waals surface area contributed by atoms with E-state index in [9.17, 15) is 4.79 Å². The van der Waals surface area contributed by atoms with Gasteiger partial charge in [0.15, 0.2) is 0 Å². The van der Waals surface area contributed by atoms with E-state index in [2.05, 4.69) is 12.2 Å². The van der Waals surface area contributed by atoms with Gasteiger partial charge in [0.1, 0.15) is 0 Å². The number of nitrogens with zero attached hydrogens (tertiary/aromatic N) is 1. The van der Waals surface area contributed by atoms with Gasteiger partial charge in [0, 0.05) is 13.1 Å². The molecule has 0 saturated carbocycles. The summed E-state index contributed by atoms with van der Waals surface area (Å²) in [5.74, 6) is 0.358. The zero-order valence-corrected chi connectivity index (χ0v) is 7.76. The number of amides is 1. The Hall–Kier alpha value is -0.570. The van der Waals surface area contributed by atoms with Crippen LogP contribution in [-0.4, -0.2) is 37.0 Å². The van der Waals surface area contributed by atoms with Gasteiger partial charge in [0.25, 0.3) is 0 Å². The summed E-state index contributed by atoms with van der Waals surface area (Å²) in [6.45, 7) is 4.17. The van der Waals surface area contributed by atoms with Crippen LogP contribution in [0.25, 0.3) is 0 Å². The van der Waals surface area contributed by atoms with Crippen LogP contribution in [0.4, 0.5) is 0 Å². The Morgan fingerprint density at radius 2 is 2.08 bits per heavy atom. The van der Waals surface area contributed by atoms with Crippen molar-refractivity contribution in [3.63, 3.8) is 0 Å². The number of likely N-dealkylation sites (tertiary alicyclic amines) is 1. The molecule has 0 radical (unpaired) electrons. The first-order valence-electron chi connectivity index (χ1n) is 4.66. The molecule has 1 N–H and O–H groups in total. The second-order valence-electron chi connectivity index (χ2n) is 4.00. The minimum absolute atomic E-state index is 0.0139. The standard InChI is InChI=1S/C9H16N2O/c1-7-9(8(12)11(7)2)3-5-10-6-4-9/h7,10H,3-6H2,1-2H3. The molecule has 1 amide bonds. The minimum Gasteiger partial charge on any atom is -0.341 e. The molecule has 2 rings (SSSR count). The van der Waals surface area contributed by atoms with Crippen molar-refractivity contribution in [1.82, 2.24) is 10.2 Å². The first-order chi connectivity index (χ1) is 5.68. The van der Waals surface area contributed by atoms with Gasteiger partial charge in [0.2, 0.25) is 5.91 Å². The summed E-state index contributed by atoms with van der Waals surface area (Å²) < 4.78 is 0. The molecule has 1 spiro atoms. The van der Waals surface area contributed by atoms with E-state index in [4.69, 9.17) is 0 Å². The lowest BCUT2D eigenvalue weighted by molar-refractivity contribution is -0.170. The molecule has 0 bridgehead atoms. The van der Waals surface area contributed by atoms with Gasteiger partial charge in [-0.15, -0.1) is 0 Å². The maximum atomic E-state index is 11.6. The molecule has 2 heterocycles. The van der Waals surface area contributed by atoms with Crippen molar-refractivity contribution in [2.24, 2.45) is 5.41 Å². The number of rotatable bonds is 0. The SMILES string of the molecule is CC1N(C)C(=O)C12CCNCC2. The molecule has 0 aromatic rings. The van der Waals surface area contributed by atoms with Crippen LogP contribution in [0.1, 0.15) is 19.8 Å². The van der Waals surface area contributed by atoms with Gasteiger partial charge in [0.05, 0.1) is 5.41 Å². The molecule has 0 aromatic carbocycles. The van der Waals surface area contributed by atoms with Gasteiger partial charge in [-0.2, -0.15) is 0 Å². The van der Waals surface area contributed by atoms with Crippen molar-refractivity contribution < 1.29 is 4.79 Å². The third-order valence-corrected chi connectivity index (χ3v) is 3.62. The lowest BCUT2D eigenvalue weighted by Gasteiger charge is -2.55. The summed E-state index contributed by atoms with van der Waals surface area (Å²) in [5, 5.41) is 3.29. The summed E-state index contributed by atoms with van der Waals surface area (Å²) in [5.41, 5.74) is 0.0139. The lowest BCUT2D eigenvalue weighted by atomic mass is 9.66. The van der Waals surface area contributed by atoms with E-state index in [-0.39, 0.29) is 5.41 Å². The first kappa shape index (κ1) is 8.05. The molecule has 68 valence electrons. The predicted molar refractivity (Wildman–Crippen MR) is 46.8 cm³/mol. The van der Waals surface area contributed by atoms with E-state index in [0.29, 0.717) is 11.9 Å².